The fourth-order valence-electron chi connectivity index (χ4n) is 2.42. The zero-order valence-corrected chi connectivity index (χ0v) is 18.5. The molecule has 0 unspecified atom stereocenters. The van der Waals surface area contributed by atoms with Crippen LogP contribution in [0.15, 0.2) is 46.4 Å². The molecule has 0 aliphatic rings. The minimum absolute atomic E-state index is 0.0618. The maximum Gasteiger partial charge on any atom is 0.255 e. The summed E-state index contributed by atoms with van der Waals surface area (Å²) >= 11 is 5.99. The van der Waals surface area contributed by atoms with E-state index >= 15 is 0 Å². The van der Waals surface area contributed by atoms with Crippen LogP contribution < -0.4 is 19.6 Å². The van der Waals surface area contributed by atoms with Gasteiger partial charge in [-0.1, -0.05) is 11.6 Å². The van der Waals surface area contributed by atoms with E-state index in [2.05, 4.69) is 10.5 Å². The van der Waals surface area contributed by atoms with Gasteiger partial charge in [0, 0.05) is 12.6 Å². The first kappa shape index (κ1) is 23.5. The molecule has 0 aliphatic carbocycles. The largest absolute Gasteiger partial charge is 0.497 e. The summed E-state index contributed by atoms with van der Waals surface area (Å²) in [6.45, 7) is -0.446. The lowest BCUT2D eigenvalue weighted by Gasteiger charge is -2.16. The van der Waals surface area contributed by atoms with E-state index in [9.17, 15) is 13.2 Å². The topological polar surface area (TPSA) is 107 Å². The van der Waals surface area contributed by atoms with Crippen molar-refractivity contribution in [3.8, 4) is 17.2 Å². The molecule has 9 nitrogen and oxygen atoms in total. The molecule has 0 aromatic heterocycles. The van der Waals surface area contributed by atoms with Crippen LogP contribution in [0.4, 0.5) is 0 Å². The monoisotopic (exact) mass is 455 g/mol. The third-order valence-corrected chi connectivity index (χ3v) is 6.12. The molecule has 0 fully saturated rings. The highest BCUT2D eigenvalue weighted by atomic mass is 35.5. The Hall–Kier alpha value is -2.82. The zero-order valence-electron chi connectivity index (χ0n) is 16.9. The highest BCUT2D eigenvalue weighted by Crippen LogP contribution is 2.28. The van der Waals surface area contributed by atoms with Gasteiger partial charge in [0.25, 0.3) is 5.91 Å². The van der Waals surface area contributed by atoms with E-state index in [1.165, 1.54) is 52.8 Å². The quantitative estimate of drug-likeness (QED) is 0.458. The van der Waals surface area contributed by atoms with Gasteiger partial charge in [0.15, 0.2) is 0 Å². The smallest absolute Gasteiger partial charge is 0.255 e. The highest BCUT2D eigenvalue weighted by molar-refractivity contribution is 7.89. The summed E-state index contributed by atoms with van der Waals surface area (Å²) in [5, 5.41) is 4.00. The summed E-state index contributed by atoms with van der Waals surface area (Å²) < 4.78 is 41.6. The van der Waals surface area contributed by atoms with Crippen molar-refractivity contribution in [3.05, 3.63) is 47.0 Å². The van der Waals surface area contributed by atoms with E-state index in [-0.39, 0.29) is 9.92 Å². The third kappa shape index (κ3) is 5.62. The number of benzene rings is 2. The normalized spacial score (nSPS) is 11.5. The Bertz CT molecular complexity index is 1040. The van der Waals surface area contributed by atoms with Crippen LogP contribution in [-0.4, -0.2) is 59.8 Å². The molecule has 2 aromatic rings. The van der Waals surface area contributed by atoms with Crippen LogP contribution in [0.3, 0.4) is 0 Å². The van der Waals surface area contributed by atoms with Gasteiger partial charge in [-0.3, -0.25) is 4.79 Å². The van der Waals surface area contributed by atoms with E-state index in [0.29, 0.717) is 22.8 Å². The van der Waals surface area contributed by atoms with Crippen LogP contribution in [0.5, 0.6) is 17.2 Å². The molecule has 0 aliphatic heterocycles. The second kappa shape index (κ2) is 10.3. The number of hydrogen-bond acceptors (Lipinski definition) is 7. The first-order valence-electron chi connectivity index (χ1n) is 8.56. The van der Waals surface area contributed by atoms with Gasteiger partial charge >= 0.3 is 0 Å². The summed E-state index contributed by atoms with van der Waals surface area (Å²) in [6, 6.07) is 9.15. The zero-order chi connectivity index (χ0) is 22.3. The Balaban J connectivity index is 2.05. The molecule has 0 heterocycles. The van der Waals surface area contributed by atoms with Crippen molar-refractivity contribution in [1.29, 1.82) is 0 Å². The van der Waals surface area contributed by atoms with E-state index < -0.39 is 22.5 Å². The maximum atomic E-state index is 12.6. The van der Waals surface area contributed by atoms with E-state index in [4.69, 9.17) is 25.8 Å². The number of hydrazone groups is 1. The average molecular weight is 456 g/mol. The Labute approximate surface area is 180 Å². The predicted molar refractivity (Wildman–Crippen MR) is 113 cm³/mol. The average Bonchev–Trinajstić information content (AvgIpc) is 2.73. The maximum absolute atomic E-state index is 12.6. The number of amides is 1. The molecule has 0 atom stereocenters. The van der Waals surface area contributed by atoms with Crippen LogP contribution >= 0.6 is 11.6 Å². The SMILES string of the molecule is COc1ccc(OC)c(/C=N\NC(=O)CN(C)S(=O)(=O)c2ccc(OC)c(Cl)c2)c1. The third-order valence-electron chi connectivity index (χ3n) is 4.03. The van der Waals surface area contributed by atoms with Crippen LogP contribution in [0.1, 0.15) is 5.56 Å². The number of likely N-dealkylation sites (N-methyl/N-ethyl adjacent to an activating group) is 1. The van der Waals surface area contributed by atoms with Crippen molar-refractivity contribution < 1.29 is 27.4 Å². The lowest BCUT2D eigenvalue weighted by Crippen LogP contribution is -2.36. The van der Waals surface area contributed by atoms with Gasteiger partial charge in [-0.25, -0.2) is 13.8 Å². The molecular formula is C19H22ClN3O6S. The van der Waals surface area contributed by atoms with Crippen molar-refractivity contribution >= 4 is 33.7 Å². The van der Waals surface area contributed by atoms with E-state index in [1.54, 1.807) is 18.2 Å². The van der Waals surface area contributed by atoms with Crippen molar-refractivity contribution in [2.24, 2.45) is 5.10 Å². The van der Waals surface area contributed by atoms with Gasteiger partial charge in [0.1, 0.15) is 17.2 Å². The highest BCUT2D eigenvalue weighted by Gasteiger charge is 2.24. The van der Waals surface area contributed by atoms with Crippen LogP contribution in [0.2, 0.25) is 5.02 Å². The van der Waals surface area contributed by atoms with Gasteiger partial charge in [0.2, 0.25) is 10.0 Å². The molecule has 30 heavy (non-hydrogen) atoms. The molecule has 0 spiro atoms. The molecule has 1 N–H and O–H groups in total. The molecule has 2 aromatic carbocycles. The fraction of sp³-hybridized carbons (Fsp3) is 0.263. The van der Waals surface area contributed by atoms with E-state index in [0.717, 1.165) is 4.31 Å². The number of rotatable bonds is 9. The Kier molecular flexibility index (Phi) is 8.04. The Morgan fingerprint density at radius 2 is 1.77 bits per heavy atom. The predicted octanol–water partition coefficient (Wildman–Crippen LogP) is 2.14. The van der Waals surface area contributed by atoms with Crippen molar-refractivity contribution in [3.63, 3.8) is 0 Å². The summed E-state index contributed by atoms with van der Waals surface area (Å²) in [5.74, 6) is 0.842. The van der Waals surface area contributed by atoms with E-state index in [1.807, 2.05) is 0 Å². The molecule has 162 valence electrons. The first-order valence-corrected chi connectivity index (χ1v) is 10.4. The number of ether oxygens (including phenoxy) is 3. The van der Waals surface area contributed by atoms with Gasteiger partial charge < -0.3 is 14.2 Å². The molecule has 2 rings (SSSR count). The van der Waals surface area contributed by atoms with Crippen LogP contribution in [-0.2, 0) is 14.8 Å². The molecular weight excluding hydrogens is 434 g/mol. The summed E-state index contributed by atoms with van der Waals surface area (Å²) in [7, 11) is 1.80. The molecule has 0 radical (unpaired) electrons. The Morgan fingerprint density at radius 3 is 2.37 bits per heavy atom. The van der Waals surface area contributed by atoms with Gasteiger partial charge in [0.05, 0.1) is 44.0 Å². The van der Waals surface area contributed by atoms with Gasteiger partial charge in [-0.15, -0.1) is 0 Å². The number of nitrogens with one attached hydrogen (secondary N) is 1. The molecule has 11 heteroatoms. The number of carbonyl (C=O) groups excluding carboxylic acids is 1. The lowest BCUT2D eigenvalue weighted by molar-refractivity contribution is -0.121. The molecule has 0 bridgehead atoms. The van der Waals surface area contributed by atoms with Crippen LogP contribution in [0, 0.1) is 0 Å². The standard InChI is InChI=1S/C19H22ClN3O6S/c1-23(30(25,26)15-6-8-18(29-4)16(20)10-15)12-19(24)22-21-11-13-9-14(27-2)5-7-17(13)28-3/h5-11H,12H2,1-4H3,(H,22,24)/b21-11-. The summed E-state index contributed by atoms with van der Waals surface area (Å²) in [4.78, 5) is 12.1. The lowest BCUT2D eigenvalue weighted by atomic mass is 10.2. The molecule has 1 amide bonds. The Morgan fingerprint density at radius 1 is 1.10 bits per heavy atom. The summed E-state index contributed by atoms with van der Waals surface area (Å²) in [6.07, 6.45) is 1.37. The minimum Gasteiger partial charge on any atom is -0.497 e. The fourth-order valence-corrected chi connectivity index (χ4v) is 3.90. The van der Waals surface area contributed by atoms with Crippen molar-refractivity contribution in [2.45, 2.75) is 4.90 Å². The molecule has 0 saturated carbocycles. The number of sulfonamides is 1. The van der Waals surface area contributed by atoms with Gasteiger partial charge in [-0.05, 0) is 36.4 Å². The minimum atomic E-state index is -3.93. The number of nitrogens with zero attached hydrogens (tertiary/aromatic N) is 2. The molecule has 0 saturated heterocycles. The van der Waals surface area contributed by atoms with Gasteiger partial charge in [-0.2, -0.15) is 9.41 Å². The van der Waals surface area contributed by atoms with Crippen molar-refractivity contribution in [2.75, 3.05) is 34.9 Å². The second-order valence-corrected chi connectivity index (χ2v) is 8.41. The van der Waals surface area contributed by atoms with Crippen LogP contribution in [0.25, 0.3) is 0 Å². The van der Waals surface area contributed by atoms with Crippen molar-refractivity contribution in [1.82, 2.24) is 9.73 Å². The second-order valence-electron chi connectivity index (χ2n) is 5.96. The summed E-state index contributed by atoms with van der Waals surface area (Å²) in [5.41, 5.74) is 2.86. The number of methoxy groups -OCH3 is 3. The number of carbonyl (C=O) groups is 1. The number of halogens is 1. The first-order chi connectivity index (χ1) is 14.2. The number of hydrogen-bond donors (Lipinski definition) is 1.